The Bertz CT molecular complexity index is 991. The molecule has 1 aromatic heterocycles. The van der Waals surface area contributed by atoms with Crippen molar-refractivity contribution >= 4 is 29.3 Å². The maximum Gasteiger partial charge on any atom is 0.316 e. The van der Waals surface area contributed by atoms with Crippen LogP contribution in [0.4, 0.5) is 10.1 Å². The van der Waals surface area contributed by atoms with Crippen LogP contribution in [0.3, 0.4) is 0 Å². The van der Waals surface area contributed by atoms with E-state index in [1.807, 2.05) is 0 Å². The van der Waals surface area contributed by atoms with Gasteiger partial charge in [0.25, 0.3) is 5.91 Å². The minimum absolute atomic E-state index is 0.0395. The number of hydrogen-bond donors (Lipinski definition) is 1. The number of amides is 1. The molecular formula is C20H18FN3O4S. The SMILES string of the molecule is COc1ccc(NC(=O)COC(=O)CSc2nccn2-c2cccc(F)c2)cc1. The summed E-state index contributed by atoms with van der Waals surface area (Å²) < 4.78 is 25.1. The Morgan fingerprint density at radius 3 is 2.72 bits per heavy atom. The summed E-state index contributed by atoms with van der Waals surface area (Å²) in [6, 6.07) is 12.8. The van der Waals surface area contributed by atoms with Crippen LogP contribution in [0, 0.1) is 5.82 Å². The first kappa shape index (κ1) is 20.4. The highest BCUT2D eigenvalue weighted by Gasteiger charge is 2.12. The average molecular weight is 415 g/mol. The van der Waals surface area contributed by atoms with E-state index in [2.05, 4.69) is 10.3 Å². The first-order valence-corrected chi connectivity index (χ1v) is 9.55. The van der Waals surface area contributed by atoms with Crippen molar-refractivity contribution in [1.82, 2.24) is 9.55 Å². The Morgan fingerprint density at radius 1 is 1.21 bits per heavy atom. The molecule has 0 bridgehead atoms. The molecule has 0 aliphatic heterocycles. The molecule has 1 heterocycles. The fraction of sp³-hybridized carbons (Fsp3) is 0.150. The highest BCUT2D eigenvalue weighted by atomic mass is 32.2. The molecule has 0 saturated heterocycles. The van der Waals surface area contributed by atoms with E-state index in [1.165, 1.54) is 12.1 Å². The molecule has 0 unspecified atom stereocenters. The number of ether oxygens (including phenoxy) is 2. The summed E-state index contributed by atoms with van der Waals surface area (Å²) in [5, 5.41) is 3.13. The molecule has 0 aliphatic rings. The van der Waals surface area contributed by atoms with Crippen molar-refractivity contribution in [3.63, 3.8) is 0 Å². The number of esters is 1. The number of rotatable bonds is 8. The maximum absolute atomic E-state index is 13.4. The molecule has 0 fully saturated rings. The van der Waals surface area contributed by atoms with Crippen LogP contribution in [-0.4, -0.2) is 40.9 Å². The average Bonchev–Trinajstić information content (AvgIpc) is 3.20. The van der Waals surface area contributed by atoms with Crippen molar-refractivity contribution in [3.05, 3.63) is 66.7 Å². The summed E-state index contributed by atoms with van der Waals surface area (Å²) in [6.45, 7) is -0.399. The van der Waals surface area contributed by atoms with Crippen molar-refractivity contribution in [1.29, 1.82) is 0 Å². The first-order valence-electron chi connectivity index (χ1n) is 8.57. The number of imidazole rings is 1. The molecule has 0 saturated carbocycles. The van der Waals surface area contributed by atoms with E-state index in [4.69, 9.17) is 9.47 Å². The number of nitrogens with one attached hydrogen (secondary N) is 1. The Balaban J connectivity index is 1.47. The van der Waals surface area contributed by atoms with E-state index in [0.717, 1.165) is 11.8 Å². The Labute approximate surface area is 170 Å². The lowest BCUT2D eigenvalue weighted by molar-refractivity contribution is -0.144. The molecule has 3 rings (SSSR count). The highest BCUT2D eigenvalue weighted by molar-refractivity contribution is 7.99. The van der Waals surface area contributed by atoms with Gasteiger partial charge >= 0.3 is 5.97 Å². The molecule has 0 radical (unpaired) electrons. The quantitative estimate of drug-likeness (QED) is 0.449. The molecule has 150 valence electrons. The van der Waals surface area contributed by atoms with Gasteiger partial charge in [-0.3, -0.25) is 14.2 Å². The second kappa shape index (κ2) is 9.74. The number of carbonyl (C=O) groups is 2. The second-order valence-corrected chi connectivity index (χ2v) is 6.73. The molecule has 9 heteroatoms. The largest absolute Gasteiger partial charge is 0.497 e. The molecule has 7 nitrogen and oxygen atoms in total. The predicted octanol–water partition coefficient (Wildman–Crippen LogP) is 3.29. The predicted molar refractivity (Wildman–Crippen MR) is 107 cm³/mol. The number of hydrogen-bond acceptors (Lipinski definition) is 6. The van der Waals surface area contributed by atoms with E-state index in [9.17, 15) is 14.0 Å². The van der Waals surface area contributed by atoms with Crippen LogP contribution in [-0.2, 0) is 14.3 Å². The number of halogens is 1. The topological polar surface area (TPSA) is 82.4 Å². The number of anilines is 1. The van der Waals surface area contributed by atoms with Crippen LogP contribution in [0.2, 0.25) is 0 Å². The standard InChI is InChI=1S/C20H18FN3O4S/c1-27-17-7-5-15(6-8-17)23-18(25)12-28-19(26)13-29-20-22-9-10-24(20)16-4-2-3-14(21)11-16/h2-11H,12-13H2,1H3,(H,23,25). The monoisotopic (exact) mass is 415 g/mol. The van der Waals surface area contributed by atoms with Crippen molar-refractivity contribution in [2.45, 2.75) is 5.16 Å². The van der Waals surface area contributed by atoms with Crippen LogP contribution < -0.4 is 10.1 Å². The van der Waals surface area contributed by atoms with Crippen molar-refractivity contribution < 1.29 is 23.5 Å². The molecule has 1 amide bonds. The summed E-state index contributed by atoms with van der Waals surface area (Å²) in [5.74, 6) is -0.747. The van der Waals surface area contributed by atoms with E-state index in [0.29, 0.717) is 22.3 Å². The van der Waals surface area contributed by atoms with Gasteiger partial charge in [-0.2, -0.15) is 0 Å². The molecule has 29 heavy (non-hydrogen) atoms. The van der Waals surface area contributed by atoms with Crippen LogP contribution >= 0.6 is 11.8 Å². The number of thioether (sulfide) groups is 1. The Morgan fingerprint density at radius 2 is 2.00 bits per heavy atom. The zero-order valence-corrected chi connectivity index (χ0v) is 16.3. The number of carbonyl (C=O) groups excluding carboxylic acids is 2. The number of benzene rings is 2. The third-order valence-corrected chi connectivity index (χ3v) is 4.69. The highest BCUT2D eigenvalue weighted by Crippen LogP contribution is 2.21. The Hall–Kier alpha value is -3.33. The van der Waals surface area contributed by atoms with Gasteiger partial charge < -0.3 is 14.8 Å². The van der Waals surface area contributed by atoms with Crippen LogP contribution in [0.5, 0.6) is 5.75 Å². The van der Waals surface area contributed by atoms with Crippen LogP contribution in [0.1, 0.15) is 0 Å². The minimum atomic E-state index is -0.561. The van der Waals surface area contributed by atoms with Crippen molar-refractivity contribution in [3.8, 4) is 11.4 Å². The molecule has 1 N–H and O–H groups in total. The minimum Gasteiger partial charge on any atom is -0.497 e. The number of methoxy groups -OCH3 is 1. The van der Waals surface area contributed by atoms with Gasteiger partial charge in [-0.25, -0.2) is 9.37 Å². The summed E-state index contributed by atoms with van der Waals surface area (Å²) in [5.41, 5.74) is 1.16. The smallest absolute Gasteiger partial charge is 0.316 e. The molecule has 0 aliphatic carbocycles. The number of nitrogens with zero attached hydrogens (tertiary/aromatic N) is 2. The summed E-state index contributed by atoms with van der Waals surface area (Å²) in [6.07, 6.45) is 3.23. The van der Waals surface area contributed by atoms with Gasteiger partial charge in [-0.1, -0.05) is 17.8 Å². The molecule has 0 atom stereocenters. The summed E-state index contributed by atoms with van der Waals surface area (Å²) >= 11 is 1.13. The van der Waals surface area contributed by atoms with Gasteiger partial charge in [0, 0.05) is 18.1 Å². The van der Waals surface area contributed by atoms with E-state index in [1.54, 1.807) is 60.5 Å². The van der Waals surface area contributed by atoms with Crippen LogP contribution in [0.15, 0.2) is 66.1 Å². The third kappa shape index (κ3) is 5.82. The summed E-state index contributed by atoms with van der Waals surface area (Å²) in [4.78, 5) is 28.0. The van der Waals surface area contributed by atoms with Gasteiger partial charge in [-0.05, 0) is 42.5 Å². The van der Waals surface area contributed by atoms with Crippen molar-refractivity contribution in [2.75, 3.05) is 24.8 Å². The van der Waals surface area contributed by atoms with Crippen LogP contribution in [0.25, 0.3) is 5.69 Å². The molecule has 3 aromatic rings. The maximum atomic E-state index is 13.4. The summed E-state index contributed by atoms with van der Waals surface area (Å²) in [7, 11) is 1.55. The van der Waals surface area contributed by atoms with Gasteiger partial charge in [0.15, 0.2) is 11.8 Å². The lowest BCUT2D eigenvalue weighted by Gasteiger charge is -2.08. The first-order chi connectivity index (χ1) is 14.0. The molecular weight excluding hydrogens is 397 g/mol. The van der Waals surface area contributed by atoms with E-state index >= 15 is 0 Å². The molecule has 2 aromatic carbocycles. The van der Waals surface area contributed by atoms with Gasteiger partial charge in [-0.15, -0.1) is 0 Å². The zero-order chi connectivity index (χ0) is 20.6. The zero-order valence-electron chi connectivity index (χ0n) is 15.5. The lowest BCUT2D eigenvalue weighted by atomic mass is 10.3. The van der Waals surface area contributed by atoms with Crippen molar-refractivity contribution in [2.24, 2.45) is 0 Å². The third-order valence-electron chi connectivity index (χ3n) is 3.75. The number of aromatic nitrogens is 2. The normalized spacial score (nSPS) is 10.4. The second-order valence-electron chi connectivity index (χ2n) is 5.79. The van der Waals surface area contributed by atoms with Gasteiger partial charge in [0.2, 0.25) is 0 Å². The lowest BCUT2D eigenvalue weighted by Crippen LogP contribution is -2.21. The molecule has 0 spiro atoms. The van der Waals surface area contributed by atoms with Gasteiger partial charge in [0.05, 0.1) is 18.6 Å². The van der Waals surface area contributed by atoms with Gasteiger partial charge in [0.1, 0.15) is 11.6 Å². The fourth-order valence-corrected chi connectivity index (χ4v) is 3.17. The fourth-order valence-electron chi connectivity index (χ4n) is 2.40. The van der Waals surface area contributed by atoms with E-state index in [-0.39, 0.29) is 11.6 Å². The van der Waals surface area contributed by atoms with E-state index < -0.39 is 18.5 Å². The Kier molecular flexibility index (Phi) is 6.85.